The van der Waals surface area contributed by atoms with Crippen molar-refractivity contribution in [3.8, 4) is 0 Å². The zero-order valence-electron chi connectivity index (χ0n) is 6.29. The lowest BCUT2D eigenvalue weighted by atomic mass is 10.1. The fraction of sp³-hybridized carbons (Fsp3) is 0.857. The first-order valence-corrected chi connectivity index (χ1v) is 3.56. The average Bonchev–Trinajstić information content (AvgIpc) is 1.88. The predicted molar refractivity (Wildman–Crippen MR) is 35.3 cm³/mol. The topological polar surface area (TPSA) is 35.5 Å². The van der Waals surface area contributed by atoms with Gasteiger partial charge in [-0.05, 0) is 13.3 Å². The largest absolute Gasteiger partial charge is 0.436 e. The summed E-state index contributed by atoms with van der Waals surface area (Å²) in [5.74, 6) is -0.169. The van der Waals surface area contributed by atoms with E-state index in [9.17, 15) is 4.79 Å². The van der Waals surface area contributed by atoms with Crippen molar-refractivity contribution in [1.29, 1.82) is 0 Å². The van der Waals surface area contributed by atoms with Crippen molar-refractivity contribution >= 4 is 5.97 Å². The Morgan fingerprint density at radius 2 is 2.40 bits per heavy atom. The van der Waals surface area contributed by atoms with Gasteiger partial charge < -0.3 is 9.47 Å². The maximum atomic E-state index is 10.9. The van der Waals surface area contributed by atoms with Crippen molar-refractivity contribution in [1.82, 2.24) is 0 Å². The van der Waals surface area contributed by atoms with E-state index in [0.717, 1.165) is 6.42 Å². The zero-order valence-corrected chi connectivity index (χ0v) is 6.29. The predicted octanol–water partition coefficient (Wildman–Crippen LogP) is 0.932. The monoisotopic (exact) mass is 144 g/mol. The van der Waals surface area contributed by atoms with Gasteiger partial charge in [0.05, 0.1) is 12.5 Å². The number of esters is 1. The van der Waals surface area contributed by atoms with E-state index in [0.29, 0.717) is 6.61 Å². The Balaban J connectivity index is 2.43. The molecule has 1 saturated heterocycles. The second-order valence-corrected chi connectivity index (χ2v) is 2.44. The Morgan fingerprint density at radius 3 is 2.90 bits per heavy atom. The van der Waals surface area contributed by atoms with Crippen LogP contribution in [0, 0.1) is 5.92 Å². The van der Waals surface area contributed by atoms with Crippen LogP contribution < -0.4 is 0 Å². The van der Waals surface area contributed by atoms with Gasteiger partial charge in [-0.3, -0.25) is 4.79 Å². The van der Waals surface area contributed by atoms with Crippen molar-refractivity contribution < 1.29 is 14.3 Å². The minimum atomic E-state index is -0.352. The lowest BCUT2D eigenvalue weighted by molar-refractivity contribution is -0.204. The van der Waals surface area contributed by atoms with Gasteiger partial charge in [-0.1, -0.05) is 6.92 Å². The highest BCUT2D eigenvalue weighted by Crippen LogP contribution is 2.14. The smallest absolute Gasteiger partial charge is 0.313 e. The maximum absolute atomic E-state index is 10.9. The molecule has 1 fully saturated rings. The summed E-state index contributed by atoms with van der Waals surface area (Å²) in [4.78, 5) is 10.9. The van der Waals surface area contributed by atoms with Crippen LogP contribution in [0.1, 0.15) is 20.3 Å². The van der Waals surface area contributed by atoms with Crippen LogP contribution in [0.4, 0.5) is 0 Å². The summed E-state index contributed by atoms with van der Waals surface area (Å²) in [6.07, 6.45) is 0.446. The SMILES string of the molecule is CCC1COC(C)OC1=O. The summed E-state index contributed by atoms with van der Waals surface area (Å²) in [7, 11) is 0. The van der Waals surface area contributed by atoms with E-state index >= 15 is 0 Å². The molecule has 0 radical (unpaired) electrons. The quantitative estimate of drug-likeness (QED) is 0.513. The molecule has 0 bridgehead atoms. The third-order valence-electron chi connectivity index (χ3n) is 1.64. The Hall–Kier alpha value is -0.570. The fourth-order valence-corrected chi connectivity index (χ4v) is 0.898. The summed E-state index contributed by atoms with van der Waals surface area (Å²) >= 11 is 0. The third kappa shape index (κ3) is 1.48. The van der Waals surface area contributed by atoms with Crippen molar-refractivity contribution in [2.45, 2.75) is 26.6 Å². The molecule has 2 unspecified atom stereocenters. The Labute approximate surface area is 60.3 Å². The van der Waals surface area contributed by atoms with Crippen LogP contribution in [0.15, 0.2) is 0 Å². The van der Waals surface area contributed by atoms with Crippen molar-refractivity contribution in [3.05, 3.63) is 0 Å². The van der Waals surface area contributed by atoms with Crippen LogP contribution in [0.25, 0.3) is 0 Å². The minimum absolute atomic E-state index is 0.0452. The molecule has 1 aliphatic rings. The molecule has 3 nitrogen and oxygen atoms in total. The zero-order chi connectivity index (χ0) is 7.56. The standard InChI is InChI=1S/C7H12O3/c1-3-6-4-9-5(2)10-7(6)8/h5-6H,3-4H2,1-2H3. The molecule has 0 amide bonds. The Morgan fingerprint density at radius 1 is 1.70 bits per heavy atom. The van der Waals surface area contributed by atoms with Crippen LogP contribution >= 0.6 is 0 Å². The number of carbonyl (C=O) groups excluding carboxylic acids is 1. The minimum Gasteiger partial charge on any atom is -0.436 e. The Bertz CT molecular complexity index is 133. The lowest BCUT2D eigenvalue weighted by Gasteiger charge is -2.24. The van der Waals surface area contributed by atoms with E-state index in [-0.39, 0.29) is 18.2 Å². The summed E-state index contributed by atoms with van der Waals surface area (Å²) in [6, 6.07) is 0. The first-order valence-electron chi connectivity index (χ1n) is 3.56. The van der Waals surface area contributed by atoms with Crippen molar-refractivity contribution in [2.24, 2.45) is 5.92 Å². The molecule has 3 heteroatoms. The number of carbonyl (C=O) groups is 1. The Kier molecular flexibility index (Phi) is 2.27. The fourth-order valence-electron chi connectivity index (χ4n) is 0.898. The molecule has 0 aromatic heterocycles. The summed E-state index contributed by atoms with van der Waals surface area (Å²) < 4.78 is 9.94. The molecule has 0 aliphatic carbocycles. The average molecular weight is 144 g/mol. The molecule has 0 spiro atoms. The first kappa shape index (κ1) is 7.54. The van der Waals surface area contributed by atoms with E-state index < -0.39 is 0 Å². The molecule has 1 heterocycles. The van der Waals surface area contributed by atoms with Gasteiger partial charge >= 0.3 is 5.97 Å². The van der Waals surface area contributed by atoms with Crippen LogP contribution in [-0.4, -0.2) is 18.9 Å². The van der Waals surface area contributed by atoms with Crippen molar-refractivity contribution in [3.63, 3.8) is 0 Å². The molecule has 2 atom stereocenters. The van der Waals surface area contributed by atoms with Gasteiger partial charge in [0.1, 0.15) is 0 Å². The second-order valence-electron chi connectivity index (χ2n) is 2.44. The number of ether oxygens (including phenoxy) is 2. The lowest BCUT2D eigenvalue weighted by Crippen LogP contribution is -2.34. The summed E-state index contributed by atoms with van der Waals surface area (Å²) in [5.41, 5.74) is 0. The highest BCUT2D eigenvalue weighted by Gasteiger charge is 2.26. The van der Waals surface area contributed by atoms with Gasteiger partial charge in [0, 0.05) is 0 Å². The molecular weight excluding hydrogens is 132 g/mol. The molecule has 1 rings (SSSR count). The van der Waals surface area contributed by atoms with Crippen LogP contribution in [0.5, 0.6) is 0 Å². The number of cyclic esters (lactones) is 1. The second kappa shape index (κ2) is 3.01. The van der Waals surface area contributed by atoms with Gasteiger partial charge in [-0.25, -0.2) is 0 Å². The molecule has 0 saturated carbocycles. The summed E-state index contributed by atoms with van der Waals surface area (Å²) in [6.45, 7) is 4.19. The number of rotatable bonds is 1. The van der Waals surface area contributed by atoms with Crippen LogP contribution in [-0.2, 0) is 14.3 Å². The normalized spacial score (nSPS) is 33.6. The number of hydrogen-bond donors (Lipinski definition) is 0. The van der Waals surface area contributed by atoms with Gasteiger partial charge in [0.2, 0.25) is 0 Å². The van der Waals surface area contributed by atoms with Crippen LogP contribution in [0.3, 0.4) is 0 Å². The molecular formula is C7H12O3. The molecule has 0 aromatic carbocycles. The van der Waals surface area contributed by atoms with Gasteiger partial charge in [-0.15, -0.1) is 0 Å². The highest BCUT2D eigenvalue weighted by atomic mass is 16.7. The maximum Gasteiger partial charge on any atom is 0.313 e. The van der Waals surface area contributed by atoms with E-state index in [1.54, 1.807) is 6.92 Å². The van der Waals surface area contributed by atoms with Gasteiger partial charge in [0.25, 0.3) is 0 Å². The van der Waals surface area contributed by atoms with Crippen LogP contribution in [0.2, 0.25) is 0 Å². The number of hydrogen-bond acceptors (Lipinski definition) is 3. The van der Waals surface area contributed by atoms with Gasteiger partial charge in [0.15, 0.2) is 6.29 Å². The van der Waals surface area contributed by atoms with Gasteiger partial charge in [-0.2, -0.15) is 0 Å². The molecule has 58 valence electrons. The van der Waals surface area contributed by atoms with Crippen molar-refractivity contribution in [2.75, 3.05) is 6.61 Å². The van der Waals surface area contributed by atoms with E-state index in [1.807, 2.05) is 6.92 Å². The first-order chi connectivity index (χ1) is 4.74. The third-order valence-corrected chi connectivity index (χ3v) is 1.64. The summed E-state index contributed by atoms with van der Waals surface area (Å²) in [5, 5.41) is 0. The highest BCUT2D eigenvalue weighted by molar-refractivity contribution is 5.73. The molecule has 10 heavy (non-hydrogen) atoms. The van der Waals surface area contributed by atoms with E-state index in [1.165, 1.54) is 0 Å². The molecule has 0 N–H and O–H groups in total. The molecule has 0 aromatic rings. The molecule has 1 aliphatic heterocycles. The van der Waals surface area contributed by atoms with E-state index in [4.69, 9.17) is 9.47 Å². The van der Waals surface area contributed by atoms with E-state index in [2.05, 4.69) is 0 Å².